The molecule has 0 aromatic heterocycles. The third kappa shape index (κ3) is 5.16. The van der Waals surface area contributed by atoms with E-state index in [9.17, 15) is 4.79 Å². The van der Waals surface area contributed by atoms with Gasteiger partial charge in [0.25, 0.3) is 0 Å². The number of carbonyl (C=O) groups excluding carboxylic acids is 1. The Morgan fingerprint density at radius 2 is 1.75 bits per heavy atom. The van der Waals surface area contributed by atoms with Crippen LogP contribution in [0, 0.1) is 17.8 Å². The van der Waals surface area contributed by atoms with Crippen LogP contribution >= 0.6 is 0 Å². The van der Waals surface area contributed by atoms with Crippen molar-refractivity contribution in [3.05, 3.63) is 0 Å². The van der Waals surface area contributed by atoms with Crippen LogP contribution in [0.5, 0.6) is 0 Å². The van der Waals surface area contributed by atoms with Gasteiger partial charge < -0.3 is 4.74 Å². The van der Waals surface area contributed by atoms with Crippen LogP contribution in [0.4, 0.5) is 0 Å². The zero-order valence-electron chi connectivity index (χ0n) is 8.46. The molecule has 0 fully saturated rings. The molecule has 0 aliphatic carbocycles. The van der Waals surface area contributed by atoms with Gasteiger partial charge in [0.2, 0.25) is 0 Å². The summed E-state index contributed by atoms with van der Waals surface area (Å²) in [6.07, 6.45) is 1.18. The predicted octanol–water partition coefficient (Wildman–Crippen LogP) is 2.39. The molecular formula is C10H19O2. The molecule has 0 aliphatic heterocycles. The molecule has 0 aromatic rings. The van der Waals surface area contributed by atoms with Gasteiger partial charge in [-0.3, -0.25) is 0 Å². The number of hydrogen-bond donors (Lipinski definition) is 0. The highest BCUT2D eigenvalue weighted by Gasteiger charge is 2.13. The summed E-state index contributed by atoms with van der Waals surface area (Å²) in [6, 6.07) is 0. The average Bonchev–Trinajstić information content (AvgIpc) is 1.98. The Hall–Kier alpha value is -0.530. The lowest BCUT2D eigenvalue weighted by atomic mass is 9.89. The van der Waals surface area contributed by atoms with Gasteiger partial charge in [-0.25, -0.2) is 4.79 Å². The minimum atomic E-state index is 0.439. The van der Waals surface area contributed by atoms with Gasteiger partial charge in [-0.05, 0) is 24.2 Å². The van der Waals surface area contributed by atoms with Crippen molar-refractivity contribution in [1.82, 2.24) is 0 Å². The van der Waals surface area contributed by atoms with Gasteiger partial charge in [0.15, 0.2) is 0 Å². The number of hydrogen-bond acceptors (Lipinski definition) is 2. The Kier molecular flexibility index (Phi) is 5.77. The maximum atomic E-state index is 9.81. The zero-order valence-corrected chi connectivity index (χ0v) is 8.46. The van der Waals surface area contributed by atoms with E-state index in [1.54, 1.807) is 0 Å². The first-order valence-electron chi connectivity index (χ1n) is 4.56. The second-order valence-corrected chi connectivity index (χ2v) is 3.98. The molecule has 0 rings (SSSR count). The molecule has 0 spiro atoms. The van der Waals surface area contributed by atoms with Crippen molar-refractivity contribution in [3.8, 4) is 0 Å². The summed E-state index contributed by atoms with van der Waals surface area (Å²) >= 11 is 0. The van der Waals surface area contributed by atoms with Crippen LogP contribution in [-0.2, 0) is 9.53 Å². The van der Waals surface area contributed by atoms with E-state index in [1.165, 1.54) is 12.9 Å². The molecule has 0 N–H and O–H groups in total. The van der Waals surface area contributed by atoms with Gasteiger partial charge in [-0.15, -0.1) is 0 Å². The average molecular weight is 171 g/mol. The van der Waals surface area contributed by atoms with E-state index in [0.29, 0.717) is 24.4 Å². The summed E-state index contributed by atoms with van der Waals surface area (Å²) in [7, 11) is 0. The van der Waals surface area contributed by atoms with Crippen molar-refractivity contribution in [3.63, 3.8) is 0 Å². The summed E-state index contributed by atoms with van der Waals surface area (Å²) in [5, 5.41) is 0. The minimum absolute atomic E-state index is 0.439. The van der Waals surface area contributed by atoms with Gasteiger partial charge in [-0.2, -0.15) is 0 Å². The van der Waals surface area contributed by atoms with Gasteiger partial charge in [0.05, 0.1) is 6.61 Å². The Bertz CT molecular complexity index is 121. The molecule has 2 heteroatoms. The van der Waals surface area contributed by atoms with Crippen LogP contribution in [0.2, 0.25) is 0 Å². The Balaban J connectivity index is 3.60. The summed E-state index contributed by atoms with van der Waals surface area (Å²) in [4.78, 5) is 9.81. The molecule has 0 aliphatic rings. The highest BCUT2D eigenvalue weighted by atomic mass is 16.5. The lowest BCUT2D eigenvalue weighted by Crippen LogP contribution is -2.16. The molecule has 0 saturated heterocycles. The van der Waals surface area contributed by atoms with Crippen molar-refractivity contribution in [2.24, 2.45) is 17.8 Å². The summed E-state index contributed by atoms with van der Waals surface area (Å²) in [5.74, 6) is 1.76. The smallest absolute Gasteiger partial charge is 0.417 e. The van der Waals surface area contributed by atoms with Crippen molar-refractivity contribution in [2.75, 3.05) is 6.61 Å². The van der Waals surface area contributed by atoms with Gasteiger partial charge in [0.1, 0.15) is 0 Å². The molecule has 0 heterocycles. The fourth-order valence-corrected chi connectivity index (χ4v) is 1.31. The van der Waals surface area contributed by atoms with Crippen LogP contribution < -0.4 is 0 Å². The largest absolute Gasteiger partial charge is 0.457 e. The van der Waals surface area contributed by atoms with E-state index >= 15 is 0 Å². The molecule has 71 valence electrons. The van der Waals surface area contributed by atoms with E-state index in [-0.39, 0.29) is 0 Å². The molecule has 2 atom stereocenters. The monoisotopic (exact) mass is 171 g/mol. The van der Waals surface area contributed by atoms with Crippen LogP contribution in [0.3, 0.4) is 0 Å². The molecule has 12 heavy (non-hydrogen) atoms. The van der Waals surface area contributed by atoms with Crippen molar-refractivity contribution >= 4 is 6.47 Å². The van der Waals surface area contributed by atoms with Crippen molar-refractivity contribution < 1.29 is 9.53 Å². The summed E-state index contributed by atoms with van der Waals surface area (Å²) in [5.41, 5.74) is 0. The summed E-state index contributed by atoms with van der Waals surface area (Å²) < 4.78 is 4.59. The predicted molar refractivity (Wildman–Crippen MR) is 49.4 cm³/mol. The van der Waals surface area contributed by atoms with Crippen LogP contribution in [0.1, 0.15) is 34.1 Å². The molecular weight excluding hydrogens is 152 g/mol. The van der Waals surface area contributed by atoms with Gasteiger partial charge >= 0.3 is 6.47 Å². The van der Waals surface area contributed by atoms with E-state index in [1.807, 2.05) is 0 Å². The van der Waals surface area contributed by atoms with E-state index in [0.717, 1.165) is 0 Å². The van der Waals surface area contributed by atoms with Crippen LogP contribution in [0.15, 0.2) is 0 Å². The molecule has 0 amide bonds. The molecule has 0 aromatic carbocycles. The van der Waals surface area contributed by atoms with E-state index in [4.69, 9.17) is 0 Å². The fraction of sp³-hybridized carbons (Fsp3) is 0.900. The molecule has 0 saturated carbocycles. The number of ether oxygens (including phenoxy) is 1. The highest BCUT2D eigenvalue weighted by Crippen LogP contribution is 2.19. The minimum Gasteiger partial charge on any atom is -0.457 e. The second kappa shape index (κ2) is 6.04. The van der Waals surface area contributed by atoms with E-state index in [2.05, 4.69) is 32.4 Å². The van der Waals surface area contributed by atoms with Crippen molar-refractivity contribution in [1.29, 1.82) is 0 Å². The SMILES string of the molecule is CC(C)CC(C)C(C)CO[C]=O. The fourth-order valence-electron chi connectivity index (χ4n) is 1.31. The number of rotatable bonds is 6. The summed E-state index contributed by atoms with van der Waals surface area (Å²) in [6.45, 7) is 10.7. The topological polar surface area (TPSA) is 26.3 Å². The molecule has 2 unspecified atom stereocenters. The van der Waals surface area contributed by atoms with E-state index < -0.39 is 0 Å². The third-order valence-corrected chi connectivity index (χ3v) is 2.22. The first-order chi connectivity index (χ1) is 5.57. The Labute approximate surface area is 75.3 Å². The standard InChI is InChI=1S/C10H19O2/c1-8(2)5-9(3)10(4)6-12-7-11/h8-10H,5-6H2,1-4H3. The van der Waals surface area contributed by atoms with Crippen molar-refractivity contribution in [2.45, 2.75) is 34.1 Å². The highest BCUT2D eigenvalue weighted by molar-refractivity contribution is 5.38. The quantitative estimate of drug-likeness (QED) is 0.613. The van der Waals surface area contributed by atoms with Crippen LogP contribution in [0.25, 0.3) is 0 Å². The Morgan fingerprint density at radius 3 is 2.17 bits per heavy atom. The Morgan fingerprint density at radius 1 is 1.17 bits per heavy atom. The first kappa shape index (κ1) is 11.5. The lowest BCUT2D eigenvalue weighted by Gasteiger charge is -2.20. The van der Waals surface area contributed by atoms with Gasteiger partial charge in [0, 0.05) is 0 Å². The molecule has 1 radical (unpaired) electrons. The third-order valence-electron chi connectivity index (χ3n) is 2.22. The first-order valence-corrected chi connectivity index (χ1v) is 4.56. The van der Waals surface area contributed by atoms with Crippen LogP contribution in [-0.4, -0.2) is 13.1 Å². The maximum Gasteiger partial charge on any atom is 0.417 e. The molecule has 0 bridgehead atoms. The second-order valence-electron chi connectivity index (χ2n) is 3.98. The zero-order chi connectivity index (χ0) is 9.56. The maximum absolute atomic E-state index is 9.81. The lowest BCUT2D eigenvalue weighted by molar-refractivity contribution is 0.183. The molecule has 2 nitrogen and oxygen atoms in total. The van der Waals surface area contributed by atoms with Gasteiger partial charge in [-0.1, -0.05) is 27.7 Å². The normalized spacial score (nSPS) is 15.8.